The molecule has 0 bridgehead atoms. The van der Waals surface area contributed by atoms with Crippen LogP contribution in [0.15, 0.2) is 24.4 Å². The van der Waals surface area contributed by atoms with Crippen molar-refractivity contribution in [3.63, 3.8) is 0 Å². The molecular weight excluding hydrogens is 290 g/mol. The van der Waals surface area contributed by atoms with E-state index in [9.17, 15) is 0 Å². The molecule has 0 saturated carbocycles. The minimum Gasteiger partial charge on any atom is -0.481 e. The molecule has 0 atom stereocenters. The third-order valence-corrected chi connectivity index (χ3v) is 2.73. The lowest BCUT2D eigenvalue weighted by molar-refractivity contribution is -0.109. The van der Waals surface area contributed by atoms with Gasteiger partial charge in [0.15, 0.2) is 5.75 Å². The van der Waals surface area contributed by atoms with Crippen molar-refractivity contribution in [3.8, 4) is 23.5 Å². The quantitative estimate of drug-likeness (QED) is 0.718. The molecule has 0 fully saturated rings. The Bertz CT molecular complexity index is 597. The minimum atomic E-state index is -0.663. The fraction of sp³-hybridized carbons (Fsp3) is 0.357. The lowest BCUT2D eigenvalue weighted by atomic mass is 10.3. The number of nitrogens with zero attached hydrogens (tertiary/aromatic N) is 3. The first-order valence-corrected chi connectivity index (χ1v) is 6.37. The van der Waals surface area contributed by atoms with Gasteiger partial charge in [-0.2, -0.15) is 9.97 Å². The summed E-state index contributed by atoms with van der Waals surface area (Å²) in [5.41, 5.74) is 0.470. The van der Waals surface area contributed by atoms with E-state index in [-0.39, 0.29) is 6.01 Å². The molecule has 8 nitrogen and oxygen atoms in total. The summed E-state index contributed by atoms with van der Waals surface area (Å²) in [6.07, 6.45) is 0.948. The third-order valence-electron chi connectivity index (χ3n) is 2.73. The zero-order chi connectivity index (χ0) is 15.9. The van der Waals surface area contributed by atoms with Crippen molar-refractivity contribution in [1.29, 1.82) is 0 Å². The van der Waals surface area contributed by atoms with Crippen LogP contribution in [0.4, 0.5) is 0 Å². The number of ether oxygens (including phenoxy) is 5. The maximum atomic E-state index is 5.67. The van der Waals surface area contributed by atoms with E-state index in [1.807, 2.05) is 0 Å². The monoisotopic (exact) mass is 307 g/mol. The van der Waals surface area contributed by atoms with E-state index >= 15 is 0 Å². The van der Waals surface area contributed by atoms with Crippen LogP contribution in [-0.2, 0) is 9.47 Å². The van der Waals surface area contributed by atoms with Gasteiger partial charge in [-0.3, -0.25) is 4.98 Å². The van der Waals surface area contributed by atoms with Crippen molar-refractivity contribution in [2.45, 2.75) is 6.29 Å². The fourth-order valence-electron chi connectivity index (χ4n) is 1.72. The van der Waals surface area contributed by atoms with E-state index < -0.39 is 6.29 Å². The fourth-order valence-corrected chi connectivity index (χ4v) is 1.72. The molecule has 2 aromatic rings. The van der Waals surface area contributed by atoms with E-state index in [4.69, 9.17) is 23.7 Å². The van der Waals surface area contributed by atoms with Gasteiger partial charge < -0.3 is 23.7 Å². The van der Waals surface area contributed by atoms with Gasteiger partial charge >= 0.3 is 6.01 Å². The maximum Gasteiger partial charge on any atom is 0.328 e. The van der Waals surface area contributed by atoms with E-state index in [0.717, 1.165) is 0 Å². The first-order chi connectivity index (χ1) is 10.7. The Balaban J connectivity index is 2.35. The van der Waals surface area contributed by atoms with Crippen LogP contribution in [0.3, 0.4) is 0 Å². The second-order valence-corrected chi connectivity index (χ2v) is 4.03. The summed E-state index contributed by atoms with van der Waals surface area (Å²) in [5.74, 6) is 1.05. The highest BCUT2D eigenvalue weighted by molar-refractivity contribution is 5.32. The summed E-state index contributed by atoms with van der Waals surface area (Å²) in [4.78, 5) is 12.4. The lowest BCUT2D eigenvalue weighted by Crippen LogP contribution is -2.08. The summed E-state index contributed by atoms with van der Waals surface area (Å²) in [6, 6.07) is 5.04. The van der Waals surface area contributed by atoms with Gasteiger partial charge in [-0.15, -0.1) is 0 Å². The molecule has 2 aromatic heterocycles. The highest BCUT2D eigenvalue weighted by Crippen LogP contribution is 2.29. The second kappa shape index (κ2) is 7.53. The average Bonchev–Trinajstić information content (AvgIpc) is 2.57. The molecule has 2 rings (SSSR count). The summed E-state index contributed by atoms with van der Waals surface area (Å²) in [6.45, 7) is 0. The van der Waals surface area contributed by atoms with Crippen molar-refractivity contribution < 1.29 is 23.7 Å². The molecule has 0 spiro atoms. The molecule has 2 heterocycles. The van der Waals surface area contributed by atoms with Crippen molar-refractivity contribution in [2.75, 3.05) is 28.4 Å². The van der Waals surface area contributed by atoms with E-state index in [1.54, 1.807) is 24.4 Å². The summed E-state index contributed by atoms with van der Waals surface area (Å²) < 4.78 is 26.2. The third kappa shape index (κ3) is 3.60. The Morgan fingerprint density at radius 1 is 0.955 bits per heavy atom. The molecular formula is C14H17N3O5. The zero-order valence-electron chi connectivity index (χ0n) is 12.8. The molecule has 0 aliphatic heterocycles. The summed E-state index contributed by atoms with van der Waals surface area (Å²) in [5, 5.41) is 0. The lowest BCUT2D eigenvalue weighted by Gasteiger charge is -2.16. The van der Waals surface area contributed by atoms with Gasteiger partial charge in [0.05, 0.1) is 20.3 Å². The van der Waals surface area contributed by atoms with Crippen LogP contribution in [0.1, 0.15) is 12.0 Å². The number of pyridine rings is 1. The molecule has 0 unspecified atom stereocenters. The van der Waals surface area contributed by atoms with E-state index in [0.29, 0.717) is 23.2 Å². The van der Waals surface area contributed by atoms with Crippen LogP contribution in [0.5, 0.6) is 23.5 Å². The van der Waals surface area contributed by atoms with Crippen LogP contribution >= 0.6 is 0 Å². The molecule has 0 radical (unpaired) electrons. The average molecular weight is 307 g/mol. The number of methoxy groups -OCH3 is 4. The largest absolute Gasteiger partial charge is 0.481 e. The molecule has 0 aliphatic rings. The molecule has 0 aliphatic carbocycles. The number of aromatic nitrogens is 3. The van der Waals surface area contributed by atoms with Crippen LogP contribution in [0, 0.1) is 0 Å². The van der Waals surface area contributed by atoms with E-state index in [1.165, 1.54) is 28.4 Å². The van der Waals surface area contributed by atoms with Gasteiger partial charge in [0, 0.05) is 20.4 Å². The van der Waals surface area contributed by atoms with Gasteiger partial charge in [-0.05, 0) is 12.1 Å². The smallest absolute Gasteiger partial charge is 0.328 e. The highest BCUT2D eigenvalue weighted by Gasteiger charge is 2.18. The molecule has 118 valence electrons. The molecule has 0 aromatic carbocycles. The Morgan fingerprint density at radius 3 is 2.14 bits per heavy atom. The molecule has 22 heavy (non-hydrogen) atoms. The van der Waals surface area contributed by atoms with Crippen molar-refractivity contribution in [1.82, 2.24) is 15.0 Å². The standard InChI is InChI=1S/C14H17N3O5/c1-18-10-8-11(19-2)17-14(16-10)22-9-6-5-7-15-12(9)13(20-3)21-4/h5-8,13H,1-4H3. The van der Waals surface area contributed by atoms with Crippen LogP contribution in [0.25, 0.3) is 0 Å². The Kier molecular flexibility index (Phi) is 5.45. The van der Waals surface area contributed by atoms with Crippen molar-refractivity contribution in [3.05, 3.63) is 30.1 Å². The Morgan fingerprint density at radius 2 is 1.59 bits per heavy atom. The summed E-state index contributed by atoms with van der Waals surface area (Å²) >= 11 is 0. The van der Waals surface area contributed by atoms with Gasteiger partial charge in [0.2, 0.25) is 18.1 Å². The minimum absolute atomic E-state index is 0.0661. The topological polar surface area (TPSA) is 84.8 Å². The van der Waals surface area contributed by atoms with Crippen LogP contribution in [0.2, 0.25) is 0 Å². The Hall–Kier alpha value is -2.45. The van der Waals surface area contributed by atoms with Gasteiger partial charge in [0.25, 0.3) is 0 Å². The predicted molar refractivity (Wildman–Crippen MR) is 76.2 cm³/mol. The number of hydrogen-bond acceptors (Lipinski definition) is 8. The van der Waals surface area contributed by atoms with Gasteiger partial charge in [-0.25, -0.2) is 0 Å². The molecule has 0 saturated heterocycles. The van der Waals surface area contributed by atoms with Gasteiger partial charge in [-0.1, -0.05) is 0 Å². The summed E-state index contributed by atoms with van der Waals surface area (Å²) in [7, 11) is 6.01. The number of rotatable bonds is 7. The zero-order valence-corrected chi connectivity index (χ0v) is 12.8. The number of hydrogen-bond donors (Lipinski definition) is 0. The van der Waals surface area contributed by atoms with Crippen LogP contribution in [-0.4, -0.2) is 43.4 Å². The maximum absolute atomic E-state index is 5.67. The highest BCUT2D eigenvalue weighted by atomic mass is 16.7. The molecule has 0 N–H and O–H groups in total. The normalized spacial score (nSPS) is 10.6. The second-order valence-electron chi connectivity index (χ2n) is 4.03. The molecule has 0 amide bonds. The molecule has 8 heteroatoms. The SMILES string of the molecule is COc1cc(OC)nc(Oc2cccnc2C(OC)OC)n1. The van der Waals surface area contributed by atoms with E-state index in [2.05, 4.69) is 15.0 Å². The van der Waals surface area contributed by atoms with Gasteiger partial charge in [0.1, 0.15) is 5.69 Å². The Labute approximate surface area is 128 Å². The van der Waals surface area contributed by atoms with Crippen molar-refractivity contribution in [2.24, 2.45) is 0 Å². The van der Waals surface area contributed by atoms with Crippen LogP contribution < -0.4 is 14.2 Å². The van der Waals surface area contributed by atoms with Crippen molar-refractivity contribution >= 4 is 0 Å². The first-order valence-electron chi connectivity index (χ1n) is 6.37. The first kappa shape index (κ1) is 15.9. The predicted octanol–water partition coefficient (Wildman–Crippen LogP) is 1.97.